The lowest BCUT2D eigenvalue weighted by Gasteiger charge is -2.15. The van der Waals surface area contributed by atoms with E-state index in [9.17, 15) is 14.7 Å². The summed E-state index contributed by atoms with van der Waals surface area (Å²) in [7, 11) is 1.55. The average Bonchev–Trinajstić information content (AvgIpc) is 3.04. The van der Waals surface area contributed by atoms with Crippen molar-refractivity contribution >= 4 is 22.9 Å². The molecule has 150 valence electrons. The van der Waals surface area contributed by atoms with Gasteiger partial charge in [0.05, 0.1) is 6.54 Å². The highest BCUT2D eigenvalue weighted by Gasteiger charge is 2.19. The number of ether oxygens (including phenoxy) is 1. The Morgan fingerprint density at radius 3 is 2.61 bits per heavy atom. The molecule has 0 aliphatic rings. The fourth-order valence-electron chi connectivity index (χ4n) is 2.90. The van der Waals surface area contributed by atoms with Crippen molar-refractivity contribution in [3.8, 4) is 5.75 Å². The summed E-state index contributed by atoms with van der Waals surface area (Å²) in [5.74, 6) is 1.42. The second-order valence-corrected chi connectivity index (χ2v) is 7.62. The van der Waals surface area contributed by atoms with Crippen LogP contribution in [-0.4, -0.2) is 42.7 Å². The number of aliphatic hydroxyl groups excluding tert-OH is 1. The van der Waals surface area contributed by atoms with Crippen molar-refractivity contribution in [1.82, 2.24) is 19.1 Å². The number of aliphatic hydroxyl groups is 1. The monoisotopic (exact) mass is 404 g/mol. The van der Waals surface area contributed by atoms with E-state index in [0.717, 1.165) is 12.2 Å². The third-order valence-corrected chi connectivity index (χ3v) is 5.27. The molecule has 0 aliphatic heterocycles. The van der Waals surface area contributed by atoms with E-state index in [0.29, 0.717) is 16.6 Å². The molecule has 0 aliphatic carbocycles. The summed E-state index contributed by atoms with van der Waals surface area (Å²) in [6, 6.07) is 7.72. The van der Waals surface area contributed by atoms with Crippen LogP contribution >= 0.6 is 11.8 Å². The van der Waals surface area contributed by atoms with Gasteiger partial charge >= 0.3 is 5.69 Å². The van der Waals surface area contributed by atoms with Crippen LogP contribution in [0.2, 0.25) is 0 Å². The summed E-state index contributed by atoms with van der Waals surface area (Å²) < 4.78 is 8.61. The number of imidazole rings is 1. The Kier molecular flexibility index (Phi) is 6.25. The molecule has 1 aromatic carbocycles. The van der Waals surface area contributed by atoms with Gasteiger partial charge in [0.15, 0.2) is 16.3 Å². The quantitative estimate of drug-likeness (QED) is 0.552. The first kappa shape index (κ1) is 20.2. The molecule has 1 atom stereocenters. The zero-order valence-electron chi connectivity index (χ0n) is 16.1. The number of rotatable bonds is 8. The molecular weight excluding hydrogens is 380 g/mol. The minimum Gasteiger partial charge on any atom is -0.491 e. The number of hydrogen-bond acceptors (Lipinski definition) is 6. The number of nitrogens with zero attached hydrogens (tertiary/aromatic N) is 3. The van der Waals surface area contributed by atoms with E-state index in [1.807, 2.05) is 31.2 Å². The van der Waals surface area contributed by atoms with E-state index in [-0.39, 0.29) is 18.7 Å². The minimum absolute atomic E-state index is 0.0744. The third kappa shape index (κ3) is 4.15. The summed E-state index contributed by atoms with van der Waals surface area (Å²) >= 11 is 1.44. The number of thioether (sulfide) groups is 1. The first-order valence-corrected chi connectivity index (χ1v) is 10.1. The Hall–Kier alpha value is -2.52. The molecule has 2 heterocycles. The number of aromatic amines is 1. The van der Waals surface area contributed by atoms with Gasteiger partial charge in [0.25, 0.3) is 5.56 Å². The maximum atomic E-state index is 12.4. The van der Waals surface area contributed by atoms with Crippen LogP contribution in [0.15, 0.2) is 39.0 Å². The van der Waals surface area contributed by atoms with Gasteiger partial charge in [-0.25, -0.2) is 9.78 Å². The van der Waals surface area contributed by atoms with E-state index >= 15 is 0 Å². The predicted octanol–water partition coefficient (Wildman–Crippen LogP) is 1.54. The number of fused-ring (bicyclic) bond motifs is 1. The molecule has 8 nitrogen and oxygen atoms in total. The van der Waals surface area contributed by atoms with E-state index in [2.05, 4.69) is 16.9 Å². The summed E-state index contributed by atoms with van der Waals surface area (Å²) in [5.41, 5.74) is 0.743. The van der Waals surface area contributed by atoms with Gasteiger partial charge in [-0.1, -0.05) is 37.7 Å². The number of aromatic nitrogens is 4. The molecule has 2 N–H and O–H groups in total. The number of benzene rings is 1. The highest BCUT2D eigenvalue weighted by Crippen LogP contribution is 2.22. The Bertz CT molecular complexity index is 1070. The second kappa shape index (κ2) is 8.66. The van der Waals surface area contributed by atoms with Crippen molar-refractivity contribution in [1.29, 1.82) is 0 Å². The van der Waals surface area contributed by atoms with Crippen molar-refractivity contribution in [3.63, 3.8) is 0 Å². The average molecular weight is 404 g/mol. The first-order chi connectivity index (χ1) is 13.4. The summed E-state index contributed by atoms with van der Waals surface area (Å²) in [5, 5.41) is 11.1. The Balaban J connectivity index is 1.83. The topological polar surface area (TPSA) is 102 Å². The first-order valence-electron chi connectivity index (χ1n) is 9.16. The van der Waals surface area contributed by atoms with Crippen LogP contribution in [0, 0.1) is 0 Å². The lowest BCUT2D eigenvalue weighted by molar-refractivity contribution is 0.0914. The summed E-state index contributed by atoms with van der Waals surface area (Å²) in [6.07, 6.45) is 0.0991. The largest absolute Gasteiger partial charge is 0.491 e. The van der Waals surface area contributed by atoms with Crippen LogP contribution in [0.4, 0.5) is 0 Å². The molecule has 0 saturated heterocycles. The molecule has 0 fully saturated rings. The van der Waals surface area contributed by atoms with Gasteiger partial charge in [0, 0.05) is 7.05 Å². The fraction of sp³-hybridized carbons (Fsp3) is 0.421. The van der Waals surface area contributed by atoms with Gasteiger partial charge in [-0.2, -0.15) is 0 Å². The molecule has 2 aromatic heterocycles. The van der Waals surface area contributed by atoms with Crippen molar-refractivity contribution in [2.24, 2.45) is 7.05 Å². The molecule has 28 heavy (non-hydrogen) atoms. The smallest absolute Gasteiger partial charge is 0.329 e. The van der Waals surface area contributed by atoms with Gasteiger partial charge in [-0.3, -0.25) is 14.3 Å². The fourth-order valence-corrected chi connectivity index (χ4v) is 3.63. The lowest BCUT2D eigenvalue weighted by atomic mass is 10.2. The Morgan fingerprint density at radius 1 is 1.25 bits per heavy atom. The molecule has 3 aromatic rings. The van der Waals surface area contributed by atoms with Crippen molar-refractivity contribution in [2.75, 3.05) is 12.4 Å². The zero-order valence-corrected chi connectivity index (χ0v) is 17.0. The Labute approximate surface area is 166 Å². The molecule has 0 spiro atoms. The van der Waals surface area contributed by atoms with E-state index < -0.39 is 17.4 Å². The van der Waals surface area contributed by atoms with Gasteiger partial charge in [-0.05, 0) is 29.9 Å². The highest BCUT2D eigenvalue weighted by atomic mass is 32.2. The molecule has 0 amide bonds. The molecule has 3 rings (SSSR count). The number of aryl methyl sites for hydroxylation is 2. The van der Waals surface area contributed by atoms with Crippen LogP contribution in [0.25, 0.3) is 11.2 Å². The van der Waals surface area contributed by atoms with Gasteiger partial charge in [-0.15, -0.1) is 0 Å². The van der Waals surface area contributed by atoms with E-state index in [1.165, 1.54) is 21.9 Å². The van der Waals surface area contributed by atoms with Crippen molar-refractivity contribution in [2.45, 2.75) is 38.1 Å². The molecule has 0 radical (unpaired) electrons. The van der Waals surface area contributed by atoms with Crippen LogP contribution in [-0.2, 0) is 20.0 Å². The third-order valence-electron chi connectivity index (χ3n) is 4.41. The molecule has 0 bridgehead atoms. The van der Waals surface area contributed by atoms with Crippen molar-refractivity contribution in [3.05, 3.63) is 50.7 Å². The van der Waals surface area contributed by atoms with Crippen LogP contribution < -0.4 is 16.0 Å². The maximum Gasteiger partial charge on any atom is 0.329 e. The molecule has 0 unspecified atom stereocenters. The van der Waals surface area contributed by atoms with E-state index in [1.54, 1.807) is 11.6 Å². The van der Waals surface area contributed by atoms with Crippen LogP contribution in [0.1, 0.15) is 19.4 Å². The van der Waals surface area contributed by atoms with Crippen LogP contribution in [0.5, 0.6) is 5.75 Å². The molecule has 0 saturated carbocycles. The van der Waals surface area contributed by atoms with Crippen molar-refractivity contribution < 1.29 is 9.84 Å². The van der Waals surface area contributed by atoms with Gasteiger partial charge in [0.2, 0.25) is 0 Å². The van der Waals surface area contributed by atoms with E-state index in [4.69, 9.17) is 4.74 Å². The normalized spacial score (nSPS) is 12.4. The second-order valence-electron chi connectivity index (χ2n) is 6.39. The number of nitrogens with one attached hydrogen (secondary N) is 1. The van der Waals surface area contributed by atoms with Gasteiger partial charge < -0.3 is 14.4 Å². The maximum absolute atomic E-state index is 12.4. The SMILES string of the molecule is CCSc1nc2c(c(=O)[nH]c(=O)n2C)n1C[C@H](O)COc1ccc(CC)cc1. The molecular formula is C19H24N4O4S. The molecule has 9 heteroatoms. The predicted molar refractivity (Wildman–Crippen MR) is 109 cm³/mol. The number of H-pyrrole nitrogens is 1. The lowest BCUT2D eigenvalue weighted by Crippen LogP contribution is -2.30. The summed E-state index contributed by atoms with van der Waals surface area (Å²) in [4.78, 5) is 30.9. The van der Waals surface area contributed by atoms with Gasteiger partial charge in [0.1, 0.15) is 18.5 Å². The highest BCUT2D eigenvalue weighted by molar-refractivity contribution is 7.99. The zero-order chi connectivity index (χ0) is 20.3. The minimum atomic E-state index is -0.851. The number of hydrogen-bond donors (Lipinski definition) is 2. The van der Waals surface area contributed by atoms with Crippen LogP contribution in [0.3, 0.4) is 0 Å². The standard InChI is InChI=1S/C19H24N4O4S/c1-4-12-6-8-14(9-7-12)27-11-13(24)10-23-15-16(20-19(23)28-5-2)22(3)18(26)21-17(15)25/h6-9,13,24H,4-5,10-11H2,1-3H3,(H,21,25,26)/t13-/m0/s1. The Morgan fingerprint density at radius 2 is 1.96 bits per heavy atom. The summed E-state index contributed by atoms with van der Waals surface area (Å²) in [6.45, 7) is 4.26.